The van der Waals surface area contributed by atoms with Gasteiger partial charge in [0, 0.05) is 13.1 Å². The van der Waals surface area contributed by atoms with Gasteiger partial charge in [-0.15, -0.1) is 9.24 Å². The standard InChI is InChI=1S/C22H24N7P/c23-21-19(28-10-3-4-11-28)13-25-22(26-21)17-12-18(16-7-5-9-24-16)29(27-17)14-15-6-1-2-8-20(15)30/h1-2,5-8,12-13H,3-4,9-11,14,30H2,(H2,23,25,26). The fourth-order valence-electron chi connectivity index (χ4n) is 3.94. The van der Waals surface area contributed by atoms with Gasteiger partial charge in [-0.1, -0.05) is 30.3 Å². The Morgan fingerprint density at radius 3 is 2.70 bits per heavy atom. The van der Waals surface area contributed by atoms with Gasteiger partial charge in [0.15, 0.2) is 11.6 Å². The van der Waals surface area contributed by atoms with Crippen molar-refractivity contribution in [2.45, 2.75) is 19.4 Å². The Bertz CT molecular complexity index is 1140. The van der Waals surface area contributed by atoms with Crippen LogP contribution in [0.2, 0.25) is 0 Å². The van der Waals surface area contributed by atoms with E-state index in [0.29, 0.717) is 30.4 Å². The van der Waals surface area contributed by atoms with Crippen molar-refractivity contribution in [3.8, 4) is 11.5 Å². The molecule has 4 heterocycles. The summed E-state index contributed by atoms with van der Waals surface area (Å²) in [6.45, 7) is 3.35. The molecule has 2 aromatic heterocycles. The number of nitrogen functional groups attached to an aromatic ring is 1. The first-order valence-electron chi connectivity index (χ1n) is 10.2. The van der Waals surface area contributed by atoms with Gasteiger partial charge in [-0.25, -0.2) is 9.97 Å². The number of hydrogen-bond donors (Lipinski definition) is 1. The topological polar surface area (TPSA) is 85.2 Å². The molecule has 1 saturated heterocycles. The van der Waals surface area contributed by atoms with Crippen molar-refractivity contribution >= 4 is 31.8 Å². The van der Waals surface area contributed by atoms with Gasteiger partial charge in [0.25, 0.3) is 0 Å². The lowest BCUT2D eigenvalue weighted by Gasteiger charge is -2.18. The van der Waals surface area contributed by atoms with Gasteiger partial charge in [-0.2, -0.15) is 5.10 Å². The molecule has 7 nitrogen and oxygen atoms in total. The molecule has 1 fully saturated rings. The van der Waals surface area contributed by atoms with Gasteiger partial charge in [0.1, 0.15) is 5.69 Å². The summed E-state index contributed by atoms with van der Waals surface area (Å²) in [4.78, 5) is 16.0. The van der Waals surface area contributed by atoms with Crippen LogP contribution in [0.15, 0.2) is 53.7 Å². The first kappa shape index (κ1) is 18.9. The van der Waals surface area contributed by atoms with Crippen molar-refractivity contribution in [2.24, 2.45) is 4.99 Å². The van der Waals surface area contributed by atoms with E-state index in [-0.39, 0.29) is 0 Å². The van der Waals surface area contributed by atoms with Crippen LogP contribution in [0.4, 0.5) is 11.5 Å². The van der Waals surface area contributed by atoms with Crippen molar-refractivity contribution in [1.82, 2.24) is 19.7 Å². The third-order valence-corrected chi connectivity index (χ3v) is 6.10. The third-order valence-electron chi connectivity index (χ3n) is 5.53. The second kappa shape index (κ2) is 8.00. The maximum Gasteiger partial charge on any atom is 0.182 e. The molecule has 0 radical (unpaired) electrons. The van der Waals surface area contributed by atoms with E-state index < -0.39 is 0 Å². The normalized spacial score (nSPS) is 15.8. The number of anilines is 2. The van der Waals surface area contributed by atoms with Gasteiger partial charge in [-0.05, 0) is 35.9 Å². The van der Waals surface area contributed by atoms with Gasteiger partial charge in [0.2, 0.25) is 0 Å². The fourth-order valence-corrected chi connectivity index (χ4v) is 4.24. The van der Waals surface area contributed by atoms with Crippen molar-refractivity contribution in [3.05, 3.63) is 59.9 Å². The summed E-state index contributed by atoms with van der Waals surface area (Å²) in [5.74, 6) is 1.04. The third kappa shape index (κ3) is 3.61. The summed E-state index contributed by atoms with van der Waals surface area (Å²) < 4.78 is 1.97. The quantitative estimate of drug-likeness (QED) is 0.645. The van der Waals surface area contributed by atoms with E-state index in [9.17, 15) is 0 Å². The monoisotopic (exact) mass is 417 g/mol. The highest BCUT2D eigenvalue weighted by atomic mass is 31.0. The minimum absolute atomic E-state index is 0.506. The molecule has 0 amide bonds. The van der Waals surface area contributed by atoms with Crippen LogP contribution in [0.25, 0.3) is 11.5 Å². The van der Waals surface area contributed by atoms with Crippen molar-refractivity contribution in [3.63, 3.8) is 0 Å². The van der Waals surface area contributed by atoms with E-state index in [2.05, 4.69) is 47.3 Å². The Morgan fingerprint density at radius 1 is 1.13 bits per heavy atom. The molecule has 0 saturated carbocycles. The zero-order chi connectivity index (χ0) is 20.5. The SMILES string of the molecule is Nc1nc(-c2cc(C3=NCC=C3)n(Cc3ccccc3P)n2)ncc1N1CCCC1. The number of hydrogen-bond acceptors (Lipinski definition) is 6. The first-order chi connectivity index (χ1) is 14.7. The van der Waals surface area contributed by atoms with Crippen LogP contribution >= 0.6 is 9.24 Å². The molecule has 1 atom stereocenters. The minimum atomic E-state index is 0.506. The number of nitrogens with two attached hydrogens (primary N) is 1. The minimum Gasteiger partial charge on any atom is -0.382 e. The molecular weight excluding hydrogens is 393 g/mol. The molecule has 0 aliphatic carbocycles. The fraction of sp³-hybridized carbons (Fsp3) is 0.273. The second-order valence-electron chi connectivity index (χ2n) is 7.56. The van der Waals surface area contributed by atoms with Gasteiger partial charge < -0.3 is 10.6 Å². The molecule has 1 aromatic carbocycles. The predicted molar refractivity (Wildman–Crippen MR) is 125 cm³/mol. The van der Waals surface area contributed by atoms with Gasteiger partial charge >= 0.3 is 0 Å². The first-order valence-corrected chi connectivity index (χ1v) is 10.8. The summed E-state index contributed by atoms with van der Waals surface area (Å²) in [5.41, 5.74) is 11.0. The Hall–Kier alpha value is -3.05. The highest BCUT2D eigenvalue weighted by Crippen LogP contribution is 2.27. The molecule has 2 aliphatic rings. The largest absolute Gasteiger partial charge is 0.382 e. The molecule has 2 N–H and O–H groups in total. The van der Waals surface area contributed by atoms with Gasteiger partial charge in [-0.3, -0.25) is 9.67 Å². The number of allylic oxidation sites excluding steroid dienone is 1. The highest BCUT2D eigenvalue weighted by molar-refractivity contribution is 7.27. The highest BCUT2D eigenvalue weighted by Gasteiger charge is 2.20. The Kier molecular flexibility index (Phi) is 5.05. The Balaban J connectivity index is 1.52. The number of nitrogens with zero attached hydrogens (tertiary/aromatic N) is 6. The number of aliphatic imine (C=N–C) groups is 1. The summed E-state index contributed by atoms with van der Waals surface area (Å²) >= 11 is 0. The van der Waals surface area contributed by atoms with Crippen LogP contribution in [0, 0.1) is 0 Å². The lowest BCUT2D eigenvalue weighted by Crippen LogP contribution is -2.20. The van der Waals surface area contributed by atoms with E-state index in [1.807, 2.05) is 35.2 Å². The van der Waals surface area contributed by atoms with Crippen molar-refractivity contribution in [1.29, 1.82) is 0 Å². The molecule has 0 bridgehead atoms. The molecule has 2 aliphatic heterocycles. The average molecular weight is 417 g/mol. The Labute approximate surface area is 178 Å². The lowest BCUT2D eigenvalue weighted by molar-refractivity contribution is 0.684. The smallest absolute Gasteiger partial charge is 0.182 e. The Morgan fingerprint density at radius 2 is 1.97 bits per heavy atom. The summed E-state index contributed by atoms with van der Waals surface area (Å²) in [5, 5.41) is 5.98. The molecular formula is C22H24N7P. The van der Waals surface area contributed by atoms with E-state index >= 15 is 0 Å². The molecule has 3 aromatic rings. The number of rotatable bonds is 5. The van der Waals surface area contributed by atoms with E-state index in [4.69, 9.17) is 10.8 Å². The van der Waals surface area contributed by atoms with Crippen LogP contribution in [0.1, 0.15) is 24.1 Å². The summed E-state index contributed by atoms with van der Waals surface area (Å²) in [6.07, 6.45) is 8.28. The molecule has 8 heteroatoms. The lowest BCUT2D eigenvalue weighted by atomic mass is 10.2. The van der Waals surface area contributed by atoms with E-state index in [1.54, 1.807) is 0 Å². The van der Waals surface area contributed by atoms with E-state index in [1.165, 1.54) is 18.4 Å². The average Bonchev–Trinajstić information content (AvgIpc) is 3.51. The summed E-state index contributed by atoms with van der Waals surface area (Å²) in [6, 6.07) is 10.3. The molecule has 5 rings (SSSR count). The summed E-state index contributed by atoms with van der Waals surface area (Å²) in [7, 11) is 2.79. The number of benzene rings is 1. The van der Waals surface area contributed by atoms with Crippen molar-refractivity contribution in [2.75, 3.05) is 30.3 Å². The maximum atomic E-state index is 6.28. The van der Waals surface area contributed by atoms with Crippen molar-refractivity contribution < 1.29 is 0 Å². The zero-order valence-corrected chi connectivity index (χ0v) is 17.9. The molecule has 152 valence electrons. The van der Waals surface area contributed by atoms with Crippen LogP contribution in [-0.2, 0) is 6.54 Å². The second-order valence-corrected chi connectivity index (χ2v) is 8.18. The van der Waals surface area contributed by atoms with Crippen LogP contribution in [0.3, 0.4) is 0 Å². The zero-order valence-electron chi connectivity index (χ0n) is 16.7. The van der Waals surface area contributed by atoms with Crippen LogP contribution in [-0.4, -0.2) is 45.1 Å². The number of aromatic nitrogens is 4. The predicted octanol–water partition coefficient (Wildman–Crippen LogP) is 2.43. The van der Waals surface area contributed by atoms with Crippen LogP contribution < -0.4 is 15.9 Å². The molecule has 30 heavy (non-hydrogen) atoms. The maximum absolute atomic E-state index is 6.28. The molecule has 0 spiro atoms. The van der Waals surface area contributed by atoms with Gasteiger partial charge in [0.05, 0.1) is 36.4 Å². The van der Waals surface area contributed by atoms with Crippen LogP contribution in [0.5, 0.6) is 0 Å². The molecule has 1 unspecified atom stereocenters. The van der Waals surface area contributed by atoms with E-state index in [0.717, 1.165) is 35.5 Å².